The number of rotatable bonds is 6. The molecule has 2 rings (SSSR count). The number of aliphatic hydroxyl groups is 1. The Balaban J connectivity index is 1.73. The van der Waals surface area contributed by atoms with Gasteiger partial charge in [0.15, 0.2) is 0 Å². The lowest BCUT2D eigenvalue weighted by Crippen LogP contribution is -2.36. The highest BCUT2D eigenvalue weighted by Crippen LogP contribution is 2.28. The summed E-state index contributed by atoms with van der Waals surface area (Å²) < 4.78 is 7.17. The minimum absolute atomic E-state index is 0.132. The van der Waals surface area contributed by atoms with E-state index in [1.54, 1.807) is 4.68 Å². The van der Waals surface area contributed by atoms with Crippen LogP contribution in [0.5, 0.6) is 0 Å². The molecule has 1 aliphatic heterocycles. The molecule has 0 saturated carbocycles. The van der Waals surface area contributed by atoms with Crippen molar-refractivity contribution in [3.8, 4) is 0 Å². The predicted molar refractivity (Wildman–Crippen MR) is 69.2 cm³/mol. The summed E-state index contributed by atoms with van der Waals surface area (Å²) in [7, 11) is 0. The average Bonchev–Trinajstić information content (AvgIpc) is 2.78. The van der Waals surface area contributed by atoms with Crippen molar-refractivity contribution >= 4 is 0 Å². The Morgan fingerprint density at radius 1 is 1.50 bits per heavy atom. The molecule has 0 unspecified atom stereocenters. The molecule has 102 valence electrons. The third-order valence-electron chi connectivity index (χ3n) is 3.60. The summed E-state index contributed by atoms with van der Waals surface area (Å²) in [5.41, 5.74) is 1.53. The summed E-state index contributed by atoms with van der Waals surface area (Å²) in [5, 5.41) is 16.5. The molecular formula is C13H23N3O2. The van der Waals surface area contributed by atoms with Gasteiger partial charge in [0.2, 0.25) is 0 Å². The van der Waals surface area contributed by atoms with Crippen molar-refractivity contribution in [3.63, 3.8) is 0 Å². The van der Waals surface area contributed by atoms with Crippen molar-refractivity contribution < 1.29 is 9.84 Å². The molecule has 0 aromatic carbocycles. The Kier molecular flexibility index (Phi) is 4.74. The van der Waals surface area contributed by atoms with Gasteiger partial charge >= 0.3 is 0 Å². The van der Waals surface area contributed by atoms with Gasteiger partial charge in [0.25, 0.3) is 0 Å². The Bertz CT molecular complexity index is 359. The van der Waals surface area contributed by atoms with Crippen molar-refractivity contribution in [3.05, 3.63) is 18.0 Å². The molecule has 5 nitrogen and oxygen atoms in total. The summed E-state index contributed by atoms with van der Waals surface area (Å²) in [6, 6.07) is 0. The van der Waals surface area contributed by atoms with E-state index >= 15 is 0 Å². The molecule has 1 saturated heterocycles. The fourth-order valence-electron chi connectivity index (χ4n) is 2.27. The fourth-order valence-corrected chi connectivity index (χ4v) is 2.27. The minimum atomic E-state index is 0.132. The van der Waals surface area contributed by atoms with Gasteiger partial charge in [-0.15, -0.1) is 0 Å². The second kappa shape index (κ2) is 6.31. The van der Waals surface area contributed by atoms with Crippen LogP contribution in [0.25, 0.3) is 0 Å². The summed E-state index contributed by atoms with van der Waals surface area (Å²) in [4.78, 5) is 0. The van der Waals surface area contributed by atoms with Gasteiger partial charge in [-0.1, -0.05) is 6.92 Å². The molecule has 0 radical (unpaired) electrons. The van der Waals surface area contributed by atoms with Crippen LogP contribution >= 0.6 is 0 Å². The first-order valence-electron chi connectivity index (χ1n) is 6.62. The summed E-state index contributed by atoms with van der Waals surface area (Å²) in [6.07, 6.45) is 6.10. The van der Waals surface area contributed by atoms with Crippen molar-refractivity contribution in [1.29, 1.82) is 0 Å². The summed E-state index contributed by atoms with van der Waals surface area (Å²) >= 11 is 0. The molecular weight excluding hydrogens is 230 g/mol. The Hall–Kier alpha value is -0.910. The van der Waals surface area contributed by atoms with E-state index in [9.17, 15) is 0 Å². The molecule has 2 heterocycles. The van der Waals surface area contributed by atoms with Crippen LogP contribution in [0.1, 0.15) is 25.3 Å². The van der Waals surface area contributed by atoms with Gasteiger partial charge in [-0.3, -0.25) is 4.68 Å². The maximum absolute atomic E-state index is 8.82. The molecule has 5 heteroatoms. The second-order valence-electron chi connectivity index (χ2n) is 5.36. The van der Waals surface area contributed by atoms with E-state index in [1.165, 1.54) is 5.56 Å². The zero-order valence-electron chi connectivity index (χ0n) is 11.1. The molecule has 0 spiro atoms. The zero-order valence-corrected chi connectivity index (χ0v) is 11.1. The summed E-state index contributed by atoms with van der Waals surface area (Å²) in [5.74, 6) is 0. The lowest BCUT2D eigenvalue weighted by molar-refractivity contribution is 0.0240. The van der Waals surface area contributed by atoms with Crippen LogP contribution in [-0.4, -0.2) is 41.3 Å². The highest BCUT2D eigenvalue weighted by molar-refractivity contribution is 5.03. The van der Waals surface area contributed by atoms with E-state index < -0.39 is 0 Å². The topological polar surface area (TPSA) is 59.3 Å². The second-order valence-corrected chi connectivity index (χ2v) is 5.36. The first-order valence-corrected chi connectivity index (χ1v) is 6.62. The molecule has 18 heavy (non-hydrogen) atoms. The van der Waals surface area contributed by atoms with Crippen molar-refractivity contribution in [2.45, 2.75) is 32.9 Å². The van der Waals surface area contributed by atoms with Crippen LogP contribution in [0.3, 0.4) is 0 Å². The molecule has 2 N–H and O–H groups in total. The number of aromatic nitrogens is 2. The molecule has 1 fully saturated rings. The van der Waals surface area contributed by atoms with Crippen molar-refractivity contribution in [2.24, 2.45) is 5.41 Å². The van der Waals surface area contributed by atoms with Gasteiger partial charge in [0.05, 0.1) is 19.3 Å². The number of ether oxygens (including phenoxy) is 1. The highest BCUT2D eigenvalue weighted by atomic mass is 16.5. The van der Waals surface area contributed by atoms with E-state index in [0.29, 0.717) is 12.0 Å². The number of hydrogen-bond acceptors (Lipinski definition) is 4. The first kappa shape index (κ1) is 13.5. The quantitative estimate of drug-likeness (QED) is 0.786. The average molecular weight is 253 g/mol. The van der Waals surface area contributed by atoms with E-state index in [-0.39, 0.29) is 6.61 Å². The number of nitrogens with zero attached hydrogens (tertiary/aromatic N) is 2. The van der Waals surface area contributed by atoms with Gasteiger partial charge < -0.3 is 15.2 Å². The highest BCUT2D eigenvalue weighted by Gasteiger charge is 2.26. The van der Waals surface area contributed by atoms with E-state index in [0.717, 1.165) is 39.1 Å². The maximum Gasteiger partial charge on any atom is 0.0640 e. The third kappa shape index (κ3) is 3.80. The maximum atomic E-state index is 8.82. The van der Waals surface area contributed by atoms with Gasteiger partial charge in [-0.2, -0.15) is 5.10 Å². The molecule has 1 aromatic rings. The normalized spacial score (nSPS) is 19.0. The molecule has 0 aliphatic carbocycles. The van der Waals surface area contributed by atoms with Gasteiger partial charge in [-0.25, -0.2) is 0 Å². The lowest BCUT2D eigenvalue weighted by Gasteiger charge is -2.33. The van der Waals surface area contributed by atoms with Gasteiger partial charge in [-0.05, 0) is 18.3 Å². The van der Waals surface area contributed by atoms with Crippen LogP contribution in [0.4, 0.5) is 0 Å². The molecule has 1 aliphatic rings. The molecule has 0 amide bonds. The molecule has 0 atom stereocenters. The van der Waals surface area contributed by atoms with Gasteiger partial charge in [0.1, 0.15) is 0 Å². The largest absolute Gasteiger partial charge is 0.394 e. The SMILES string of the molecule is CC1(CNCc2cnn(CCO)c2)CCOCC1. The van der Waals surface area contributed by atoms with Crippen LogP contribution in [0.2, 0.25) is 0 Å². The van der Waals surface area contributed by atoms with E-state index in [2.05, 4.69) is 17.3 Å². The van der Waals surface area contributed by atoms with Crippen LogP contribution < -0.4 is 5.32 Å². The van der Waals surface area contributed by atoms with E-state index in [4.69, 9.17) is 9.84 Å². The number of aliphatic hydroxyl groups excluding tert-OH is 1. The monoisotopic (exact) mass is 253 g/mol. The predicted octanol–water partition coefficient (Wildman–Crippen LogP) is 0.782. The van der Waals surface area contributed by atoms with Crippen LogP contribution in [0.15, 0.2) is 12.4 Å². The number of hydrogen-bond donors (Lipinski definition) is 2. The third-order valence-corrected chi connectivity index (χ3v) is 3.60. The standard InChI is InChI=1S/C13H23N3O2/c1-13(2-6-18-7-3-13)11-14-8-12-9-15-16(10-12)4-5-17/h9-10,14,17H,2-8,11H2,1H3. The van der Waals surface area contributed by atoms with E-state index in [1.807, 2.05) is 12.4 Å². The van der Waals surface area contributed by atoms with Crippen molar-refractivity contribution in [2.75, 3.05) is 26.4 Å². The Morgan fingerprint density at radius 3 is 3.00 bits per heavy atom. The van der Waals surface area contributed by atoms with Crippen LogP contribution in [0, 0.1) is 5.41 Å². The van der Waals surface area contributed by atoms with Crippen LogP contribution in [-0.2, 0) is 17.8 Å². The van der Waals surface area contributed by atoms with Crippen molar-refractivity contribution in [1.82, 2.24) is 15.1 Å². The first-order chi connectivity index (χ1) is 8.72. The lowest BCUT2D eigenvalue weighted by atomic mass is 9.82. The number of nitrogens with one attached hydrogen (secondary N) is 1. The minimum Gasteiger partial charge on any atom is -0.394 e. The molecule has 1 aromatic heterocycles. The Morgan fingerprint density at radius 2 is 2.28 bits per heavy atom. The zero-order chi connectivity index (χ0) is 12.8. The fraction of sp³-hybridized carbons (Fsp3) is 0.769. The Labute approximate surface area is 108 Å². The summed E-state index contributed by atoms with van der Waals surface area (Å²) in [6.45, 7) is 6.63. The smallest absolute Gasteiger partial charge is 0.0640 e. The van der Waals surface area contributed by atoms with Gasteiger partial charge in [0, 0.05) is 38.1 Å². The molecule has 0 bridgehead atoms.